The van der Waals surface area contributed by atoms with Crippen LogP contribution in [-0.2, 0) is 13.2 Å². The molecule has 0 aliphatic heterocycles. The van der Waals surface area contributed by atoms with Crippen LogP contribution < -0.4 is 10.1 Å². The summed E-state index contributed by atoms with van der Waals surface area (Å²) in [4.78, 5) is 0. The molecule has 3 aromatic carbocycles. The van der Waals surface area contributed by atoms with Crippen molar-refractivity contribution in [3.05, 3.63) is 101 Å². The Kier molecular flexibility index (Phi) is 5.97. The van der Waals surface area contributed by atoms with E-state index in [0.717, 1.165) is 22.9 Å². The molecule has 134 valence electrons. The lowest BCUT2D eigenvalue weighted by atomic mass is 10.1. The van der Waals surface area contributed by atoms with Crippen LogP contribution in [0.3, 0.4) is 0 Å². The monoisotopic (exact) mass is 353 g/mol. The molecule has 3 rings (SSSR count). The summed E-state index contributed by atoms with van der Waals surface area (Å²) in [6.07, 6.45) is 0. The van der Waals surface area contributed by atoms with E-state index in [1.165, 1.54) is 12.1 Å². The molecule has 0 bridgehead atoms. The standard InChI is InChI=1S/C22H21F2NO/c1-16(21-11-10-19(23)13-22(21)24)25-14-18-8-5-9-20(12-18)26-15-17-6-3-2-4-7-17/h2-13,16,25H,14-15H2,1H3/t16-/m1/s1. The maximum Gasteiger partial charge on any atom is 0.130 e. The average Bonchev–Trinajstić information content (AvgIpc) is 2.66. The van der Waals surface area contributed by atoms with E-state index >= 15 is 0 Å². The van der Waals surface area contributed by atoms with E-state index in [0.29, 0.717) is 18.7 Å². The summed E-state index contributed by atoms with van der Waals surface area (Å²) in [7, 11) is 0. The third-order valence-electron chi connectivity index (χ3n) is 4.19. The second-order valence-electron chi connectivity index (χ2n) is 6.19. The normalized spacial score (nSPS) is 12.0. The summed E-state index contributed by atoms with van der Waals surface area (Å²) >= 11 is 0. The largest absolute Gasteiger partial charge is 0.489 e. The fraction of sp³-hybridized carbons (Fsp3) is 0.182. The summed E-state index contributed by atoms with van der Waals surface area (Å²) < 4.78 is 32.7. The molecule has 1 atom stereocenters. The molecule has 3 aromatic rings. The quantitative estimate of drug-likeness (QED) is 0.614. The Morgan fingerprint density at radius 3 is 2.42 bits per heavy atom. The maximum atomic E-state index is 13.9. The van der Waals surface area contributed by atoms with Crippen LogP contribution in [0.2, 0.25) is 0 Å². The van der Waals surface area contributed by atoms with Gasteiger partial charge >= 0.3 is 0 Å². The summed E-state index contributed by atoms with van der Waals surface area (Å²) in [5.41, 5.74) is 2.59. The van der Waals surface area contributed by atoms with Gasteiger partial charge in [0, 0.05) is 24.2 Å². The van der Waals surface area contributed by atoms with E-state index in [-0.39, 0.29) is 6.04 Å². The maximum absolute atomic E-state index is 13.9. The van der Waals surface area contributed by atoms with Crippen LogP contribution >= 0.6 is 0 Å². The van der Waals surface area contributed by atoms with Gasteiger partial charge in [0.2, 0.25) is 0 Å². The molecule has 0 aromatic heterocycles. The van der Waals surface area contributed by atoms with E-state index in [9.17, 15) is 8.78 Å². The van der Waals surface area contributed by atoms with E-state index in [2.05, 4.69) is 5.32 Å². The molecule has 0 aliphatic rings. The zero-order valence-corrected chi connectivity index (χ0v) is 14.6. The molecule has 1 N–H and O–H groups in total. The molecule has 0 saturated heterocycles. The van der Waals surface area contributed by atoms with Gasteiger partial charge in [-0.25, -0.2) is 8.78 Å². The lowest BCUT2D eigenvalue weighted by molar-refractivity contribution is 0.306. The van der Waals surface area contributed by atoms with Gasteiger partial charge in [-0.1, -0.05) is 48.5 Å². The molecular weight excluding hydrogens is 332 g/mol. The topological polar surface area (TPSA) is 21.3 Å². The van der Waals surface area contributed by atoms with Crippen LogP contribution in [0.4, 0.5) is 8.78 Å². The highest BCUT2D eigenvalue weighted by Gasteiger charge is 2.11. The number of benzene rings is 3. The summed E-state index contributed by atoms with van der Waals surface area (Å²) in [6, 6.07) is 21.2. The van der Waals surface area contributed by atoms with Gasteiger partial charge in [0.25, 0.3) is 0 Å². The third-order valence-corrected chi connectivity index (χ3v) is 4.19. The zero-order chi connectivity index (χ0) is 18.4. The molecule has 4 heteroatoms. The van der Waals surface area contributed by atoms with Gasteiger partial charge in [0.05, 0.1) is 0 Å². The molecule has 0 radical (unpaired) electrons. The smallest absolute Gasteiger partial charge is 0.130 e. The molecule has 26 heavy (non-hydrogen) atoms. The first-order valence-corrected chi connectivity index (χ1v) is 8.56. The van der Waals surface area contributed by atoms with Crippen LogP contribution in [-0.4, -0.2) is 0 Å². The van der Waals surface area contributed by atoms with E-state index < -0.39 is 11.6 Å². The number of ether oxygens (including phenoxy) is 1. The van der Waals surface area contributed by atoms with Crippen molar-refractivity contribution in [1.82, 2.24) is 5.32 Å². The highest BCUT2D eigenvalue weighted by molar-refractivity contribution is 5.29. The molecule has 0 aliphatic carbocycles. The van der Waals surface area contributed by atoms with Gasteiger partial charge in [-0.3, -0.25) is 0 Å². The molecule has 0 fully saturated rings. The van der Waals surface area contributed by atoms with Crippen molar-refractivity contribution in [1.29, 1.82) is 0 Å². The van der Waals surface area contributed by atoms with Gasteiger partial charge in [0.1, 0.15) is 24.0 Å². The predicted octanol–water partition coefficient (Wildman–Crippen LogP) is 5.39. The number of hydrogen-bond donors (Lipinski definition) is 1. The summed E-state index contributed by atoms with van der Waals surface area (Å²) in [6.45, 7) is 2.92. The summed E-state index contributed by atoms with van der Waals surface area (Å²) in [5, 5.41) is 3.26. The van der Waals surface area contributed by atoms with Crippen LogP contribution in [0, 0.1) is 11.6 Å². The Morgan fingerprint density at radius 1 is 0.885 bits per heavy atom. The highest BCUT2D eigenvalue weighted by atomic mass is 19.1. The SMILES string of the molecule is C[C@@H](NCc1cccc(OCc2ccccc2)c1)c1ccc(F)cc1F. The van der Waals surface area contributed by atoms with Crippen molar-refractivity contribution in [2.24, 2.45) is 0 Å². The van der Waals surface area contributed by atoms with Crippen molar-refractivity contribution in [2.45, 2.75) is 26.1 Å². The fourth-order valence-corrected chi connectivity index (χ4v) is 2.72. The summed E-state index contributed by atoms with van der Waals surface area (Å²) in [5.74, 6) is -0.319. The van der Waals surface area contributed by atoms with Crippen LogP contribution in [0.15, 0.2) is 72.8 Å². The second-order valence-corrected chi connectivity index (χ2v) is 6.19. The van der Waals surface area contributed by atoms with E-state index in [1.807, 2.05) is 61.5 Å². The van der Waals surface area contributed by atoms with Gasteiger partial charge in [-0.2, -0.15) is 0 Å². The average molecular weight is 353 g/mol. The number of nitrogens with one attached hydrogen (secondary N) is 1. The molecule has 0 unspecified atom stereocenters. The number of rotatable bonds is 7. The van der Waals surface area contributed by atoms with Gasteiger partial charge < -0.3 is 10.1 Å². The first-order chi connectivity index (χ1) is 12.6. The lowest BCUT2D eigenvalue weighted by Gasteiger charge is -2.16. The third kappa shape index (κ3) is 4.90. The molecular formula is C22H21F2NO. The first-order valence-electron chi connectivity index (χ1n) is 8.56. The molecule has 0 spiro atoms. The minimum absolute atomic E-state index is 0.232. The Labute approximate surface area is 152 Å². The van der Waals surface area contributed by atoms with Crippen molar-refractivity contribution in [3.63, 3.8) is 0 Å². The zero-order valence-electron chi connectivity index (χ0n) is 14.6. The van der Waals surface area contributed by atoms with Crippen molar-refractivity contribution >= 4 is 0 Å². The van der Waals surface area contributed by atoms with Gasteiger partial charge in [-0.15, -0.1) is 0 Å². The molecule has 0 amide bonds. The Hall–Kier alpha value is -2.72. The highest BCUT2D eigenvalue weighted by Crippen LogP contribution is 2.19. The Bertz CT molecular complexity index is 852. The number of hydrogen-bond acceptors (Lipinski definition) is 2. The van der Waals surface area contributed by atoms with Crippen molar-refractivity contribution in [3.8, 4) is 5.75 Å². The lowest BCUT2D eigenvalue weighted by Crippen LogP contribution is -2.19. The van der Waals surface area contributed by atoms with Crippen LogP contribution in [0.1, 0.15) is 29.7 Å². The van der Waals surface area contributed by atoms with E-state index in [1.54, 1.807) is 0 Å². The van der Waals surface area contributed by atoms with E-state index in [4.69, 9.17) is 4.74 Å². The molecule has 0 heterocycles. The molecule has 0 saturated carbocycles. The Morgan fingerprint density at radius 2 is 1.65 bits per heavy atom. The van der Waals surface area contributed by atoms with Crippen LogP contribution in [0.5, 0.6) is 5.75 Å². The van der Waals surface area contributed by atoms with Crippen molar-refractivity contribution < 1.29 is 13.5 Å². The van der Waals surface area contributed by atoms with Crippen LogP contribution in [0.25, 0.3) is 0 Å². The second kappa shape index (κ2) is 8.59. The predicted molar refractivity (Wildman–Crippen MR) is 98.8 cm³/mol. The van der Waals surface area contributed by atoms with Gasteiger partial charge in [0.15, 0.2) is 0 Å². The Balaban J connectivity index is 1.58. The van der Waals surface area contributed by atoms with Gasteiger partial charge in [-0.05, 0) is 36.2 Å². The minimum atomic E-state index is -0.568. The number of halogens is 2. The fourth-order valence-electron chi connectivity index (χ4n) is 2.72. The first kappa shape index (κ1) is 18.1. The van der Waals surface area contributed by atoms with Crippen molar-refractivity contribution in [2.75, 3.05) is 0 Å². The minimum Gasteiger partial charge on any atom is -0.489 e. The molecule has 2 nitrogen and oxygen atoms in total.